The third-order valence-corrected chi connectivity index (χ3v) is 5.92. The van der Waals surface area contributed by atoms with Gasteiger partial charge in [0.25, 0.3) is 0 Å². The van der Waals surface area contributed by atoms with Crippen LogP contribution in [0.25, 0.3) is 0 Å². The summed E-state index contributed by atoms with van der Waals surface area (Å²) >= 11 is 0. The monoisotopic (exact) mass is 318 g/mol. The third-order valence-electron chi connectivity index (χ3n) is 5.92. The predicted octanol–water partition coefficient (Wildman–Crippen LogP) is 0.841. The van der Waals surface area contributed by atoms with Crippen LogP contribution in [-0.4, -0.2) is 70.9 Å². The highest BCUT2D eigenvalue weighted by molar-refractivity contribution is 5.79. The summed E-state index contributed by atoms with van der Waals surface area (Å²) in [6.45, 7) is 4.12. The first-order valence-electron chi connectivity index (χ1n) is 8.78. The molecule has 0 radical (unpaired) electrons. The molecule has 0 spiro atoms. The van der Waals surface area contributed by atoms with E-state index in [0.29, 0.717) is 30.5 Å². The fourth-order valence-electron chi connectivity index (χ4n) is 4.59. The van der Waals surface area contributed by atoms with E-state index >= 15 is 0 Å². The summed E-state index contributed by atoms with van der Waals surface area (Å²) in [7, 11) is 2.24. The summed E-state index contributed by atoms with van der Waals surface area (Å²) in [4.78, 5) is 17.2. The molecule has 3 fully saturated rings. The average Bonchev–Trinajstić information content (AvgIpc) is 3.30. The number of ether oxygens (including phenoxy) is 1. The number of rotatable bonds is 3. The minimum absolute atomic E-state index is 0.102. The molecule has 4 atom stereocenters. The number of carbonyl (C=O) groups excluding carboxylic acids is 1. The van der Waals surface area contributed by atoms with Crippen LogP contribution in [0.15, 0.2) is 18.5 Å². The quantitative estimate of drug-likeness (QED) is 0.829. The number of hydrogen-bond donors (Lipinski definition) is 0. The summed E-state index contributed by atoms with van der Waals surface area (Å²) in [5.41, 5.74) is 0. The number of aromatic nitrogens is 2. The van der Waals surface area contributed by atoms with Crippen LogP contribution in [0.5, 0.6) is 0 Å². The van der Waals surface area contributed by atoms with Crippen LogP contribution in [0.1, 0.15) is 19.3 Å². The predicted molar refractivity (Wildman–Crippen MR) is 85.8 cm³/mol. The van der Waals surface area contributed by atoms with Gasteiger partial charge in [-0.2, -0.15) is 5.10 Å². The van der Waals surface area contributed by atoms with E-state index in [4.69, 9.17) is 4.74 Å². The van der Waals surface area contributed by atoms with Crippen molar-refractivity contribution in [1.29, 1.82) is 0 Å². The molecule has 3 saturated heterocycles. The van der Waals surface area contributed by atoms with Gasteiger partial charge in [-0.05, 0) is 38.3 Å². The second-order valence-corrected chi connectivity index (χ2v) is 7.24. The maximum atomic E-state index is 12.6. The molecule has 1 aromatic rings. The summed E-state index contributed by atoms with van der Waals surface area (Å²) in [6.07, 6.45) is 7.02. The fraction of sp³-hybridized carbons (Fsp3) is 0.765. The van der Waals surface area contributed by atoms with E-state index in [9.17, 15) is 4.79 Å². The molecule has 0 bridgehead atoms. The highest BCUT2D eigenvalue weighted by Gasteiger charge is 2.43. The van der Waals surface area contributed by atoms with Gasteiger partial charge in [-0.1, -0.05) is 0 Å². The minimum Gasteiger partial charge on any atom is -0.381 e. The SMILES string of the molecule is CN1C(Cn2cccn2)C[C@H]2CN(C(=O)C3CCOC3)CC[C@H]21. The third kappa shape index (κ3) is 2.90. The molecule has 4 heterocycles. The Bertz CT molecular complexity index is 541. The minimum atomic E-state index is 0.102. The Morgan fingerprint density at radius 3 is 3.04 bits per heavy atom. The summed E-state index contributed by atoms with van der Waals surface area (Å²) in [6, 6.07) is 3.11. The Morgan fingerprint density at radius 1 is 1.39 bits per heavy atom. The normalized spacial score (nSPS) is 34.7. The number of likely N-dealkylation sites (tertiary alicyclic amines) is 2. The largest absolute Gasteiger partial charge is 0.381 e. The number of piperidine rings is 1. The van der Waals surface area contributed by atoms with Crippen LogP contribution < -0.4 is 0 Å². The van der Waals surface area contributed by atoms with E-state index in [1.807, 2.05) is 23.1 Å². The Labute approximate surface area is 137 Å². The molecule has 1 aromatic heterocycles. The van der Waals surface area contributed by atoms with Gasteiger partial charge in [-0.3, -0.25) is 14.4 Å². The molecule has 1 amide bonds. The molecule has 0 N–H and O–H groups in total. The van der Waals surface area contributed by atoms with E-state index in [0.717, 1.165) is 45.5 Å². The molecule has 23 heavy (non-hydrogen) atoms. The van der Waals surface area contributed by atoms with Crippen LogP contribution in [0.3, 0.4) is 0 Å². The van der Waals surface area contributed by atoms with Crippen LogP contribution in [0.2, 0.25) is 0 Å². The van der Waals surface area contributed by atoms with Crippen molar-refractivity contribution in [2.45, 2.75) is 37.9 Å². The lowest BCUT2D eigenvalue weighted by Gasteiger charge is -2.38. The molecule has 6 heteroatoms. The van der Waals surface area contributed by atoms with E-state index in [-0.39, 0.29) is 5.92 Å². The van der Waals surface area contributed by atoms with Gasteiger partial charge in [-0.15, -0.1) is 0 Å². The van der Waals surface area contributed by atoms with Crippen LogP contribution in [0.4, 0.5) is 0 Å². The summed E-state index contributed by atoms with van der Waals surface area (Å²) < 4.78 is 7.41. The molecule has 4 rings (SSSR count). The lowest BCUT2D eigenvalue weighted by atomic mass is 9.91. The van der Waals surface area contributed by atoms with Gasteiger partial charge in [0.05, 0.1) is 19.1 Å². The lowest BCUT2D eigenvalue weighted by molar-refractivity contribution is -0.137. The first kappa shape index (κ1) is 15.1. The topological polar surface area (TPSA) is 50.6 Å². The molecular weight excluding hydrogens is 292 g/mol. The Morgan fingerprint density at radius 2 is 2.30 bits per heavy atom. The van der Waals surface area contributed by atoms with E-state index < -0.39 is 0 Å². The molecule has 0 aromatic carbocycles. The summed E-state index contributed by atoms with van der Waals surface area (Å²) in [5.74, 6) is 1.02. The highest BCUT2D eigenvalue weighted by atomic mass is 16.5. The van der Waals surface area contributed by atoms with Crippen LogP contribution >= 0.6 is 0 Å². The Kier molecular flexibility index (Phi) is 4.11. The maximum Gasteiger partial charge on any atom is 0.228 e. The molecule has 3 aliphatic rings. The molecule has 6 nitrogen and oxygen atoms in total. The number of nitrogens with zero attached hydrogens (tertiary/aromatic N) is 4. The van der Waals surface area contributed by atoms with Gasteiger partial charge in [0.15, 0.2) is 0 Å². The van der Waals surface area contributed by atoms with Crippen molar-refractivity contribution in [3.8, 4) is 0 Å². The smallest absolute Gasteiger partial charge is 0.228 e. The zero-order valence-corrected chi connectivity index (χ0v) is 13.8. The van der Waals surface area contributed by atoms with Crippen molar-refractivity contribution in [2.75, 3.05) is 33.4 Å². The van der Waals surface area contributed by atoms with Crippen molar-refractivity contribution in [3.63, 3.8) is 0 Å². The van der Waals surface area contributed by atoms with Crippen molar-refractivity contribution >= 4 is 5.91 Å². The Balaban J connectivity index is 1.38. The Hall–Kier alpha value is -1.40. The van der Waals surface area contributed by atoms with E-state index in [1.165, 1.54) is 0 Å². The van der Waals surface area contributed by atoms with Crippen molar-refractivity contribution in [3.05, 3.63) is 18.5 Å². The lowest BCUT2D eigenvalue weighted by Crippen LogP contribution is -2.49. The number of likely N-dealkylation sites (N-methyl/N-ethyl adjacent to an activating group) is 1. The molecular formula is C17H26N4O2. The molecule has 2 unspecified atom stereocenters. The number of fused-ring (bicyclic) bond motifs is 1. The van der Waals surface area contributed by atoms with Gasteiger partial charge < -0.3 is 9.64 Å². The maximum absolute atomic E-state index is 12.6. The number of carbonyl (C=O) groups is 1. The summed E-state index contributed by atoms with van der Waals surface area (Å²) in [5, 5.41) is 4.34. The van der Waals surface area contributed by atoms with E-state index in [2.05, 4.69) is 21.9 Å². The van der Waals surface area contributed by atoms with Gasteiger partial charge >= 0.3 is 0 Å². The zero-order chi connectivity index (χ0) is 15.8. The second-order valence-electron chi connectivity index (χ2n) is 7.24. The van der Waals surface area contributed by atoms with Gasteiger partial charge in [0, 0.05) is 44.2 Å². The van der Waals surface area contributed by atoms with Gasteiger partial charge in [0.1, 0.15) is 0 Å². The van der Waals surface area contributed by atoms with Crippen molar-refractivity contribution < 1.29 is 9.53 Å². The first-order chi connectivity index (χ1) is 11.2. The van der Waals surface area contributed by atoms with E-state index in [1.54, 1.807) is 0 Å². The van der Waals surface area contributed by atoms with Crippen molar-refractivity contribution in [2.24, 2.45) is 11.8 Å². The standard InChI is InChI=1S/C17H26N4O2/c1-19-15(11-21-6-2-5-18-21)9-14-10-20(7-3-16(14)19)17(22)13-4-8-23-12-13/h2,5-6,13-16H,3-4,7-12H2,1H3/t13?,14-,15?,16+/m0/s1. The van der Waals surface area contributed by atoms with Gasteiger partial charge in [0.2, 0.25) is 5.91 Å². The molecule has 0 aliphatic carbocycles. The molecule has 126 valence electrons. The van der Waals surface area contributed by atoms with Crippen molar-refractivity contribution in [1.82, 2.24) is 19.6 Å². The second kappa shape index (κ2) is 6.24. The average molecular weight is 318 g/mol. The molecule has 3 aliphatic heterocycles. The fourth-order valence-corrected chi connectivity index (χ4v) is 4.59. The number of hydrogen-bond acceptors (Lipinski definition) is 4. The zero-order valence-electron chi connectivity index (χ0n) is 13.8. The number of amides is 1. The van der Waals surface area contributed by atoms with Crippen LogP contribution in [0, 0.1) is 11.8 Å². The first-order valence-corrected chi connectivity index (χ1v) is 8.78. The van der Waals surface area contributed by atoms with Crippen LogP contribution in [-0.2, 0) is 16.1 Å². The van der Waals surface area contributed by atoms with Gasteiger partial charge in [-0.25, -0.2) is 0 Å². The highest BCUT2D eigenvalue weighted by Crippen LogP contribution is 2.35. The molecule has 0 saturated carbocycles.